The van der Waals surface area contributed by atoms with Crippen LogP contribution in [0.4, 0.5) is 5.69 Å². The van der Waals surface area contributed by atoms with Crippen LogP contribution in [0.15, 0.2) is 53.4 Å². The lowest BCUT2D eigenvalue weighted by molar-refractivity contribution is 0.0600. The molecular weight excluding hydrogens is 302 g/mol. The van der Waals surface area contributed by atoms with Gasteiger partial charge in [0.2, 0.25) is 0 Å². The molecule has 1 amide bonds. The molecule has 6 heteroatoms. The van der Waals surface area contributed by atoms with Crippen molar-refractivity contribution < 1.29 is 18.5 Å². The number of amides is 1. The fraction of sp³-hybridized carbons (Fsp3) is 0.125. The van der Waals surface area contributed by atoms with E-state index in [1.807, 2.05) is 0 Å². The van der Waals surface area contributed by atoms with Gasteiger partial charge < -0.3 is 10.1 Å². The Hall–Kier alpha value is -2.47. The zero-order valence-electron chi connectivity index (χ0n) is 12.2. The highest BCUT2D eigenvalue weighted by molar-refractivity contribution is 7.84. The predicted octanol–water partition coefficient (Wildman–Crippen LogP) is 2.46. The molecule has 0 saturated heterocycles. The average molecular weight is 317 g/mol. The van der Waals surface area contributed by atoms with Gasteiger partial charge in [0.15, 0.2) is 0 Å². The lowest BCUT2D eigenvalue weighted by atomic mass is 10.2. The zero-order chi connectivity index (χ0) is 16.1. The van der Waals surface area contributed by atoms with Crippen LogP contribution in [0, 0.1) is 0 Å². The second-order valence-electron chi connectivity index (χ2n) is 4.50. The number of hydrogen-bond donors (Lipinski definition) is 1. The normalized spacial score (nSPS) is 11.5. The first-order valence-electron chi connectivity index (χ1n) is 6.44. The number of anilines is 1. The Morgan fingerprint density at radius 1 is 0.955 bits per heavy atom. The molecule has 2 aromatic carbocycles. The fourth-order valence-electron chi connectivity index (χ4n) is 1.81. The second-order valence-corrected chi connectivity index (χ2v) is 5.88. The van der Waals surface area contributed by atoms with Crippen molar-refractivity contribution >= 4 is 28.4 Å². The Morgan fingerprint density at radius 3 is 2.00 bits per heavy atom. The molecule has 22 heavy (non-hydrogen) atoms. The molecule has 2 rings (SSSR count). The van der Waals surface area contributed by atoms with E-state index in [0.29, 0.717) is 21.7 Å². The van der Waals surface area contributed by atoms with Crippen LogP contribution in [-0.2, 0) is 15.5 Å². The molecule has 114 valence electrons. The summed E-state index contributed by atoms with van der Waals surface area (Å²) in [6.45, 7) is 0. The van der Waals surface area contributed by atoms with Crippen LogP contribution in [0.3, 0.4) is 0 Å². The molecule has 0 aliphatic heterocycles. The van der Waals surface area contributed by atoms with E-state index in [4.69, 9.17) is 0 Å². The van der Waals surface area contributed by atoms with E-state index >= 15 is 0 Å². The summed E-state index contributed by atoms with van der Waals surface area (Å²) in [4.78, 5) is 24.1. The molecule has 0 fully saturated rings. The van der Waals surface area contributed by atoms with Crippen molar-refractivity contribution in [1.82, 2.24) is 0 Å². The van der Waals surface area contributed by atoms with Crippen LogP contribution in [0.1, 0.15) is 20.7 Å². The largest absolute Gasteiger partial charge is 0.465 e. The maximum atomic E-state index is 12.1. The van der Waals surface area contributed by atoms with Crippen LogP contribution < -0.4 is 5.32 Å². The molecular formula is C16H15NO4S. The first kappa shape index (κ1) is 15.9. The summed E-state index contributed by atoms with van der Waals surface area (Å²) < 4.78 is 15.9. The number of rotatable bonds is 4. The summed E-state index contributed by atoms with van der Waals surface area (Å²) in [5.74, 6) is -0.708. The third-order valence-electron chi connectivity index (χ3n) is 3.01. The van der Waals surface area contributed by atoms with Gasteiger partial charge in [-0.25, -0.2) is 4.79 Å². The molecule has 0 aliphatic rings. The van der Waals surface area contributed by atoms with Gasteiger partial charge in [-0.15, -0.1) is 0 Å². The van der Waals surface area contributed by atoms with E-state index in [-0.39, 0.29) is 5.91 Å². The Kier molecular flexibility index (Phi) is 5.06. The van der Waals surface area contributed by atoms with Gasteiger partial charge in [-0.2, -0.15) is 0 Å². The van der Waals surface area contributed by atoms with Crippen molar-refractivity contribution in [2.75, 3.05) is 18.7 Å². The Morgan fingerprint density at radius 2 is 1.50 bits per heavy atom. The van der Waals surface area contributed by atoms with E-state index in [1.54, 1.807) is 54.8 Å². The lowest BCUT2D eigenvalue weighted by Crippen LogP contribution is -2.12. The summed E-state index contributed by atoms with van der Waals surface area (Å²) in [5.41, 5.74) is 1.45. The van der Waals surface area contributed by atoms with Crippen molar-refractivity contribution in [2.45, 2.75) is 4.90 Å². The lowest BCUT2D eigenvalue weighted by Gasteiger charge is -2.06. The molecule has 0 spiro atoms. The van der Waals surface area contributed by atoms with E-state index in [0.717, 1.165) is 0 Å². The van der Waals surface area contributed by atoms with Crippen molar-refractivity contribution in [3.8, 4) is 0 Å². The van der Waals surface area contributed by atoms with Crippen LogP contribution in [0.25, 0.3) is 0 Å². The van der Waals surface area contributed by atoms with E-state index in [2.05, 4.69) is 10.1 Å². The molecule has 0 saturated carbocycles. The van der Waals surface area contributed by atoms with Gasteiger partial charge in [0.05, 0.1) is 12.7 Å². The van der Waals surface area contributed by atoms with Crippen LogP contribution >= 0.6 is 0 Å². The van der Waals surface area contributed by atoms with Crippen molar-refractivity contribution in [3.63, 3.8) is 0 Å². The summed E-state index contributed by atoms with van der Waals surface area (Å²) in [6, 6.07) is 13.0. The van der Waals surface area contributed by atoms with Gasteiger partial charge in [-0.05, 0) is 48.5 Å². The Bertz CT molecular complexity index is 708. The van der Waals surface area contributed by atoms with Gasteiger partial charge in [-0.3, -0.25) is 9.00 Å². The third kappa shape index (κ3) is 3.79. The molecule has 0 aliphatic carbocycles. The van der Waals surface area contributed by atoms with Gasteiger partial charge in [0, 0.05) is 33.2 Å². The predicted molar refractivity (Wildman–Crippen MR) is 84.5 cm³/mol. The van der Waals surface area contributed by atoms with E-state index in [1.165, 1.54) is 7.11 Å². The highest BCUT2D eigenvalue weighted by atomic mass is 32.2. The number of carbonyl (C=O) groups excluding carboxylic acids is 2. The smallest absolute Gasteiger partial charge is 0.337 e. The van der Waals surface area contributed by atoms with E-state index < -0.39 is 16.8 Å². The van der Waals surface area contributed by atoms with Gasteiger partial charge in [0.1, 0.15) is 0 Å². The molecule has 0 radical (unpaired) electrons. The fourth-order valence-corrected chi connectivity index (χ4v) is 2.33. The molecule has 0 aromatic heterocycles. The summed E-state index contributed by atoms with van der Waals surface area (Å²) >= 11 is 0. The minimum absolute atomic E-state index is 0.278. The minimum atomic E-state index is -1.07. The Labute approximate surface area is 130 Å². The number of carbonyl (C=O) groups is 2. The maximum absolute atomic E-state index is 12.1. The number of benzene rings is 2. The molecule has 0 heterocycles. The van der Waals surface area contributed by atoms with Crippen molar-refractivity contribution in [3.05, 3.63) is 59.7 Å². The number of esters is 1. The number of ether oxygens (including phenoxy) is 1. The molecule has 0 bridgehead atoms. The van der Waals surface area contributed by atoms with Crippen LogP contribution in [0.2, 0.25) is 0 Å². The molecule has 1 atom stereocenters. The monoisotopic (exact) mass is 317 g/mol. The van der Waals surface area contributed by atoms with Crippen molar-refractivity contribution in [2.24, 2.45) is 0 Å². The topological polar surface area (TPSA) is 72.5 Å². The highest BCUT2D eigenvalue weighted by Gasteiger charge is 2.08. The second kappa shape index (κ2) is 7.00. The van der Waals surface area contributed by atoms with Gasteiger partial charge in [0.25, 0.3) is 5.91 Å². The first-order chi connectivity index (χ1) is 10.5. The summed E-state index contributed by atoms with van der Waals surface area (Å²) in [5, 5.41) is 2.72. The molecule has 5 nitrogen and oxygen atoms in total. The minimum Gasteiger partial charge on any atom is -0.465 e. The summed E-state index contributed by atoms with van der Waals surface area (Å²) in [7, 11) is 0.238. The SMILES string of the molecule is COC(=O)c1ccc(NC(=O)c2ccc(S(C)=O)cc2)cc1. The standard InChI is InChI=1S/C16H15NO4S/c1-21-16(19)12-3-7-13(8-4-12)17-15(18)11-5-9-14(10-6-11)22(2)20/h3-10H,1-2H3,(H,17,18). The first-order valence-corrected chi connectivity index (χ1v) is 8.00. The van der Waals surface area contributed by atoms with E-state index in [9.17, 15) is 13.8 Å². The van der Waals surface area contributed by atoms with Crippen LogP contribution in [0.5, 0.6) is 0 Å². The zero-order valence-corrected chi connectivity index (χ0v) is 13.0. The highest BCUT2D eigenvalue weighted by Crippen LogP contribution is 2.13. The van der Waals surface area contributed by atoms with Crippen LogP contribution in [-0.4, -0.2) is 29.5 Å². The average Bonchev–Trinajstić information content (AvgIpc) is 2.54. The number of nitrogens with one attached hydrogen (secondary N) is 1. The number of methoxy groups -OCH3 is 1. The molecule has 2 aromatic rings. The van der Waals surface area contributed by atoms with Crippen molar-refractivity contribution in [1.29, 1.82) is 0 Å². The van der Waals surface area contributed by atoms with Gasteiger partial charge in [-0.1, -0.05) is 0 Å². The quantitative estimate of drug-likeness (QED) is 0.879. The molecule has 1 N–H and O–H groups in total. The number of hydrogen-bond acceptors (Lipinski definition) is 4. The third-order valence-corrected chi connectivity index (χ3v) is 3.95. The van der Waals surface area contributed by atoms with Gasteiger partial charge >= 0.3 is 5.97 Å². The Balaban J connectivity index is 2.08. The summed E-state index contributed by atoms with van der Waals surface area (Å²) in [6.07, 6.45) is 1.58. The molecule has 1 unspecified atom stereocenters. The maximum Gasteiger partial charge on any atom is 0.337 e.